The fraction of sp³-hybridized carbons (Fsp3) is 0.412. The van der Waals surface area contributed by atoms with Crippen molar-refractivity contribution in [3.63, 3.8) is 0 Å². The Morgan fingerprint density at radius 2 is 2.04 bits per heavy atom. The Bertz CT molecular complexity index is 656. The quantitative estimate of drug-likeness (QED) is 0.261. The molecule has 0 radical (unpaired) electrons. The van der Waals surface area contributed by atoms with Crippen molar-refractivity contribution in [1.29, 1.82) is 5.41 Å². The number of nitrogens with two attached hydrogens (primary N) is 2. The minimum absolute atomic E-state index is 0.0285. The number of anilines is 1. The highest BCUT2D eigenvalue weighted by atomic mass is 35.5. The van der Waals surface area contributed by atoms with E-state index in [1.54, 1.807) is 18.2 Å². The molecule has 2 rings (SSSR count). The number of halogens is 2. The molecule has 0 aliphatic heterocycles. The highest BCUT2D eigenvalue weighted by Crippen LogP contribution is 2.28. The SMILES string of the molecule is N=C(/C=C\C(N)Cl)C(=O)NC1CCC(Oc2ccc(N)c(Cl)c2)CC1. The van der Waals surface area contributed by atoms with E-state index in [1.165, 1.54) is 12.2 Å². The molecule has 0 heterocycles. The monoisotopic (exact) mass is 384 g/mol. The Hall–Kier alpha value is -1.76. The normalized spacial score (nSPS) is 21.7. The molecule has 6 N–H and O–H groups in total. The van der Waals surface area contributed by atoms with Crippen LogP contribution in [0, 0.1) is 5.41 Å². The number of amides is 1. The molecule has 1 saturated carbocycles. The van der Waals surface area contributed by atoms with Crippen LogP contribution in [0.4, 0.5) is 5.69 Å². The summed E-state index contributed by atoms with van der Waals surface area (Å²) in [4.78, 5) is 11.9. The van der Waals surface area contributed by atoms with Crippen molar-refractivity contribution in [2.75, 3.05) is 5.73 Å². The van der Waals surface area contributed by atoms with Crippen LogP contribution in [0.15, 0.2) is 30.4 Å². The van der Waals surface area contributed by atoms with Gasteiger partial charge >= 0.3 is 0 Å². The van der Waals surface area contributed by atoms with Crippen LogP contribution in [0.25, 0.3) is 0 Å². The number of rotatable bonds is 6. The van der Waals surface area contributed by atoms with Crippen molar-refractivity contribution in [2.24, 2.45) is 5.73 Å². The Morgan fingerprint density at radius 1 is 1.36 bits per heavy atom. The Balaban J connectivity index is 1.78. The number of benzene rings is 1. The lowest BCUT2D eigenvalue weighted by Crippen LogP contribution is -2.42. The summed E-state index contributed by atoms with van der Waals surface area (Å²) in [5.74, 6) is 0.263. The second-order valence-corrected chi connectivity index (χ2v) is 6.88. The van der Waals surface area contributed by atoms with Crippen LogP contribution in [-0.4, -0.2) is 29.3 Å². The Morgan fingerprint density at radius 3 is 2.64 bits per heavy atom. The average Bonchev–Trinajstić information content (AvgIpc) is 2.57. The van der Waals surface area contributed by atoms with Crippen molar-refractivity contribution in [1.82, 2.24) is 5.32 Å². The van der Waals surface area contributed by atoms with Crippen LogP contribution < -0.4 is 21.5 Å². The number of ether oxygens (including phenoxy) is 1. The second kappa shape index (κ2) is 9.08. The first kappa shape index (κ1) is 19.6. The smallest absolute Gasteiger partial charge is 0.269 e. The van der Waals surface area contributed by atoms with Gasteiger partial charge in [-0.15, -0.1) is 11.6 Å². The zero-order valence-electron chi connectivity index (χ0n) is 13.7. The predicted octanol–water partition coefficient (Wildman–Crippen LogP) is 2.83. The Labute approximate surface area is 157 Å². The molecule has 136 valence electrons. The zero-order valence-corrected chi connectivity index (χ0v) is 15.2. The number of nitrogen functional groups attached to an aromatic ring is 1. The molecule has 0 bridgehead atoms. The molecule has 6 nitrogen and oxygen atoms in total. The first-order valence-corrected chi connectivity index (χ1v) is 8.85. The average molecular weight is 385 g/mol. The van der Waals surface area contributed by atoms with Crippen LogP contribution in [0.3, 0.4) is 0 Å². The van der Waals surface area contributed by atoms with Gasteiger partial charge in [-0.2, -0.15) is 0 Å². The van der Waals surface area contributed by atoms with Crippen molar-refractivity contribution >= 4 is 40.5 Å². The van der Waals surface area contributed by atoms with E-state index in [9.17, 15) is 4.79 Å². The van der Waals surface area contributed by atoms with Gasteiger partial charge in [-0.05, 0) is 43.9 Å². The molecule has 1 aliphatic rings. The van der Waals surface area contributed by atoms with Gasteiger partial charge in [0.2, 0.25) is 0 Å². The van der Waals surface area contributed by atoms with Crippen LogP contribution in [0.1, 0.15) is 25.7 Å². The number of hydrogen-bond acceptors (Lipinski definition) is 5. The maximum atomic E-state index is 11.9. The maximum absolute atomic E-state index is 11.9. The van der Waals surface area contributed by atoms with E-state index >= 15 is 0 Å². The van der Waals surface area contributed by atoms with Crippen molar-refractivity contribution in [2.45, 2.75) is 43.3 Å². The third-order valence-corrected chi connectivity index (χ3v) is 4.45. The lowest BCUT2D eigenvalue weighted by molar-refractivity contribution is -0.115. The molecule has 1 aromatic carbocycles. The van der Waals surface area contributed by atoms with Crippen LogP contribution >= 0.6 is 23.2 Å². The van der Waals surface area contributed by atoms with Crippen LogP contribution in [0.5, 0.6) is 5.75 Å². The highest BCUT2D eigenvalue weighted by molar-refractivity contribution is 6.42. The standard InChI is InChI=1S/C17H22Cl2N4O2/c18-13-9-12(5-6-14(13)20)25-11-3-1-10(2-4-11)23-17(24)15(21)7-8-16(19)22/h5-11,16,21H,1-4,20,22H2,(H,23,24)/b8-7-,21-15?. The maximum Gasteiger partial charge on any atom is 0.269 e. The Kier molecular flexibility index (Phi) is 7.11. The fourth-order valence-electron chi connectivity index (χ4n) is 2.63. The number of nitrogens with one attached hydrogen (secondary N) is 2. The molecular weight excluding hydrogens is 363 g/mol. The molecule has 25 heavy (non-hydrogen) atoms. The van der Waals surface area contributed by atoms with E-state index in [2.05, 4.69) is 5.32 Å². The molecule has 1 aromatic rings. The molecule has 0 saturated heterocycles. The van der Waals surface area contributed by atoms with Gasteiger partial charge in [-0.1, -0.05) is 17.7 Å². The lowest BCUT2D eigenvalue weighted by Gasteiger charge is -2.29. The van der Waals surface area contributed by atoms with Crippen LogP contribution in [-0.2, 0) is 4.79 Å². The summed E-state index contributed by atoms with van der Waals surface area (Å²) in [6, 6.07) is 5.25. The van der Waals surface area contributed by atoms with Gasteiger partial charge in [0.25, 0.3) is 5.91 Å². The van der Waals surface area contributed by atoms with Gasteiger partial charge in [-0.3, -0.25) is 10.2 Å². The molecular formula is C17H22Cl2N4O2. The van der Waals surface area contributed by atoms with Gasteiger partial charge in [0.15, 0.2) is 0 Å². The minimum atomic E-state index is -0.706. The van der Waals surface area contributed by atoms with Crippen molar-refractivity contribution in [3.05, 3.63) is 35.4 Å². The first-order chi connectivity index (χ1) is 11.8. The van der Waals surface area contributed by atoms with E-state index in [-0.39, 0.29) is 17.9 Å². The summed E-state index contributed by atoms with van der Waals surface area (Å²) in [7, 11) is 0. The topological polar surface area (TPSA) is 114 Å². The number of hydrogen-bond donors (Lipinski definition) is 4. The largest absolute Gasteiger partial charge is 0.490 e. The molecule has 1 atom stereocenters. The van der Waals surface area contributed by atoms with E-state index < -0.39 is 11.4 Å². The van der Waals surface area contributed by atoms with Gasteiger partial charge in [0, 0.05) is 12.1 Å². The molecule has 0 spiro atoms. The highest BCUT2D eigenvalue weighted by Gasteiger charge is 2.24. The molecule has 8 heteroatoms. The molecule has 1 fully saturated rings. The molecule has 1 aliphatic carbocycles. The van der Waals surface area contributed by atoms with Gasteiger partial charge in [0.05, 0.1) is 22.3 Å². The second-order valence-electron chi connectivity index (χ2n) is 5.97. The first-order valence-electron chi connectivity index (χ1n) is 8.04. The molecule has 1 amide bonds. The summed E-state index contributed by atoms with van der Waals surface area (Å²) in [5, 5.41) is 11.0. The van der Waals surface area contributed by atoms with Crippen LogP contribution in [0.2, 0.25) is 5.02 Å². The zero-order chi connectivity index (χ0) is 18.4. The van der Waals surface area contributed by atoms with E-state index in [0.29, 0.717) is 16.5 Å². The number of carbonyl (C=O) groups is 1. The number of carbonyl (C=O) groups excluding carboxylic acids is 1. The summed E-state index contributed by atoms with van der Waals surface area (Å²) < 4.78 is 5.92. The lowest BCUT2D eigenvalue weighted by atomic mass is 9.92. The van der Waals surface area contributed by atoms with Crippen molar-refractivity contribution in [3.8, 4) is 5.75 Å². The molecule has 1 unspecified atom stereocenters. The summed E-state index contributed by atoms with van der Waals surface area (Å²) in [6.07, 6.45) is 5.96. The third kappa shape index (κ3) is 6.23. The van der Waals surface area contributed by atoms with E-state index in [4.69, 9.17) is 44.8 Å². The predicted molar refractivity (Wildman–Crippen MR) is 101 cm³/mol. The molecule has 0 aromatic heterocycles. The summed E-state index contributed by atoms with van der Waals surface area (Å²) in [5.41, 5.74) is 10.7. The van der Waals surface area contributed by atoms with Gasteiger partial charge in [0.1, 0.15) is 11.5 Å². The summed E-state index contributed by atoms with van der Waals surface area (Å²) in [6.45, 7) is 0. The minimum Gasteiger partial charge on any atom is -0.490 e. The van der Waals surface area contributed by atoms with E-state index in [1.807, 2.05) is 0 Å². The third-order valence-electron chi connectivity index (χ3n) is 3.98. The van der Waals surface area contributed by atoms with Gasteiger partial charge < -0.3 is 21.5 Å². The van der Waals surface area contributed by atoms with E-state index in [0.717, 1.165) is 25.7 Å². The van der Waals surface area contributed by atoms with Gasteiger partial charge in [-0.25, -0.2) is 0 Å². The fourth-order valence-corrected chi connectivity index (χ4v) is 2.87. The summed E-state index contributed by atoms with van der Waals surface area (Å²) >= 11 is 11.5. The number of alkyl halides is 1. The van der Waals surface area contributed by atoms with Crippen molar-refractivity contribution < 1.29 is 9.53 Å².